The van der Waals surface area contributed by atoms with Gasteiger partial charge >= 0.3 is 7.82 Å². The Morgan fingerprint density at radius 2 is 0.917 bits per heavy atom. The average Bonchev–Trinajstić information content (AvgIpc) is 2.52. The van der Waals surface area contributed by atoms with Crippen LogP contribution < -0.4 is 0 Å². The van der Waals surface area contributed by atoms with Crippen molar-refractivity contribution in [2.45, 2.75) is 91.9 Å². The molecule has 0 atom stereocenters. The second kappa shape index (κ2) is 16.5. The van der Waals surface area contributed by atoms with Gasteiger partial charge in [0.2, 0.25) is 0 Å². The molecule has 6 heteroatoms. The van der Waals surface area contributed by atoms with Gasteiger partial charge in [0.05, 0.1) is 26.2 Å². The summed E-state index contributed by atoms with van der Waals surface area (Å²) in [6, 6.07) is 0. The topological polar surface area (TPSA) is 77.8 Å². The summed E-state index contributed by atoms with van der Waals surface area (Å²) in [5.74, 6) is 0. The van der Waals surface area contributed by atoms with Gasteiger partial charge in [-0.3, -0.25) is 0 Å². The molecule has 0 heterocycles. The summed E-state index contributed by atoms with van der Waals surface area (Å²) < 4.78 is 10.2. The van der Waals surface area contributed by atoms with Crippen LogP contribution in [-0.4, -0.2) is 45.3 Å². The Morgan fingerprint density at radius 1 is 0.625 bits per heavy atom. The molecule has 0 rings (SSSR count). The van der Waals surface area contributed by atoms with Gasteiger partial charge in [-0.1, -0.05) is 58.3 Å². The maximum atomic E-state index is 8.88. The molecule has 0 amide bonds. The van der Waals surface area contributed by atoms with Gasteiger partial charge in [-0.2, -0.15) is 0 Å². The molecule has 0 saturated heterocycles. The van der Waals surface area contributed by atoms with E-state index in [1.807, 2.05) is 0 Å². The third-order valence-corrected chi connectivity index (χ3v) is 5.00. The summed E-state index contributed by atoms with van der Waals surface area (Å²) in [4.78, 5) is 21.6. The molecular formula is C18H43NO4P+. The molecule has 148 valence electrons. The van der Waals surface area contributed by atoms with E-state index in [4.69, 9.17) is 19.2 Å². The molecule has 0 unspecified atom stereocenters. The Morgan fingerprint density at radius 3 is 1.21 bits per heavy atom. The summed E-state index contributed by atoms with van der Waals surface area (Å²) >= 11 is 0. The fourth-order valence-corrected chi connectivity index (χ4v) is 3.08. The second-order valence-electron chi connectivity index (χ2n) is 6.71. The Hall–Kier alpha value is 0.0700. The van der Waals surface area contributed by atoms with Crippen molar-refractivity contribution in [3.63, 3.8) is 0 Å². The summed E-state index contributed by atoms with van der Waals surface area (Å²) in [5.41, 5.74) is 0. The van der Waals surface area contributed by atoms with E-state index < -0.39 is 7.82 Å². The minimum atomic E-state index is -4.64. The van der Waals surface area contributed by atoms with Crippen LogP contribution >= 0.6 is 7.82 Å². The van der Waals surface area contributed by atoms with Gasteiger partial charge in [0.15, 0.2) is 0 Å². The number of unbranched alkanes of at least 4 members (excludes halogenated alkanes) is 9. The van der Waals surface area contributed by atoms with Crippen molar-refractivity contribution in [3.8, 4) is 0 Å². The molecule has 5 nitrogen and oxygen atoms in total. The van der Waals surface area contributed by atoms with Crippen molar-refractivity contribution in [3.05, 3.63) is 0 Å². The third-order valence-electron chi connectivity index (χ3n) is 5.00. The van der Waals surface area contributed by atoms with Crippen molar-refractivity contribution in [2.75, 3.05) is 26.2 Å². The van der Waals surface area contributed by atoms with E-state index in [2.05, 4.69) is 27.7 Å². The van der Waals surface area contributed by atoms with Crippen LogP contribution in [0, 0.1) is 0 Å². The van der Waals surface area contributed by atoms with E-state index in [-0.39, 0.29) is 0 Å². The molecule has 0 aliphatic carbocycles. The first kappa shape index (κ1) is 26.3. The molecule has 0 aliphatic rings. The SMILES string of the molecule is CCCCCCCCCCCC[N+](CC)(CC)CC.O=P(O)(O)O. The number of hydrogen-bond acceptors (Lipinski definition) is 1. The number of nitrogens with zero attached hydrogens (tertiary/aromatic N) is 1. The second-order valence-corrected chi connectivity index (χ2v) is 7.74. The molecule has 3 N–H and O–H groups in total. The average molecular weight is 369 g/mol. The maximum absolute atomic E-state index is 8.88. The lowest BCUT2D eigenvalue weighted by molar-refractivity contribution is -0.923. The monoisotopic (exact) mass is 368 g/mol. The van der Waals surface area contributed by atoms with Crippen molar-refractivity contribution in [1.29, 1.82) is 0 Å². The number of rotatable bonds is 14. The lowest BCUT2D eigenvalue weighted by atomic mass is 10.1. The van der Waals surface area contributed by atoms with Crippen LogP contribution in [-0.2, 0) is 4.57 Å². The van der Waals surface area contributed by atoms with Crippen LogP contribution in [0.2, 0.25) is 0 Å². The van der Waals surface area contributed by atoms with E-state index in [0.29, 0.717) is 0 Å². The van der Waals surface area contributed by atoms with E-state index in [0.717, 1.165) is 0 Å². The Bertz CT molecular complexity index is 287. The van der Waals surface area contributed by atoms with Gasteiger partial charge in [0.1, 0.15) is 0 Å². The molecule has 0 saturated carbocycles. The summed E-state index contributed by atoms with van der Waals surface area (Å²) in [6.07, 6.45) is 14.5. The van der Waals surface area contributed by atoms with Crippen LogP contribution in [0.25, 0.3) is 0 Å². The molecule has 0 spiro atoms. The Balaban J connectivity index is 0. The highest BCUT2D eigenvalue weighted by Crippen LogP contribution is 2.25. The fraction of sp³-hybridized carbons (Fsp3) is 1.00. The zero-order valence-electron chi connectivity index (χ0n) is 16.5. The number of phosphoric acid groups is 1. The summed E-state index contributed by atoms with van der Waals surface area (Å²) in [5, 5.41) is 0. The molecule has 0 bridgehead atoms. The molecule has 0 aromatic heterocycles. The first-order chi connectivity index (χ1) is 11.2. The summed E-state index contributed by atoms with van der Waals surface area (Å²) in [7, 11) is -4.64. The van der Waals surface area contributed by atoms with E-state index in [9.17, 15) is 0 Å². The van der Waals surface area contributed by atoms with Gasteiger partial charge in [-0.15, -0.1) is 0 Å². The highest BCUT2D eigenvalue weighted by atomic mass is 31.2. The first-order valence-corrected chi connectivity index (χ1v) is 11.4. The molecule has 24 heavy (non-hydrogen) atoms. The van der Waals surface area contributed by atoms with Crippen LogP contribution in [0.4, 0.5) is 0 Å². The van der Waals surface area contributed by atoms with Crippen molar-refractivity contribution in [1.82, 2.24) is 0 Å². The zero-order chi connectivity index (χ0) is 18.9. The number of quaternary nitrogens is 1. The molecule has 0 radical (unpaired) electrons. The fourth-order valence-electron chi connectivity index (χ4n) is 3.08. The normalized spacial score (nSPS) is 12.0. The molecule has 0 aromatic carbocycles. The highest BCUT2D eigenvalue weighted by molar-refractivity contribution is 7.45. The smallest absolute Gasteiger partial charge is 0.324 e. The van der Waals surface area contributed by atoms with Crippen molar-refractivity contribution >= 4 is 7.82 Å². The van der Waals surface area contributed by atoms with Gasteiger partial charge in [-0.05, 0) is 33.6 Å². The molecule has 0 aromatic rings. The van der Waals surface area contributed by atoms with Gasteiger partial charge in [0, 0.05) is 0 Å². The molecule has 0 fully saturated rings. The van der Waals surface area contributed by atoms with Gasteiger partial charge < -0.3 is 19.2 Å². The Kier molecular flexibility index (Phi) is 18.1. The lowest BCUT2D eigenvalue weighted by Crippen LogP contribution is -2.48. The minimum Gasteiger partial charge on any atom is -0.324 e. The van der Waals surface area contributed by atoms with Crippen LogP contribution in [0.3, 0.4) is 0 Å². The number of hydrogen-bond donors (Lipinski definition) is 3. The quantitative estimate of drug-likeness (QED) is 0.232. The third kappa shape index (κ3) is 20.1. The predicted octanol–water partition coefficient (Wildman–Crippen LogP) is 4.86. The van der Waals surface area contributed by atoms with Crippen LogP contribution in [0.5, 0.6) is 0 Å². The Labute approximate surface area is 150 Å². The van der Waals surface area contributed by atoms with Crippen molar-refractivity contribution < 1.29 is 23.7 Å². The molecular weight excluding hydrogens is 325 g/mol. The van der Waals surface area contributed by atoms with E-state index in [1.54, 1.807) is 0 Å². The van der Waals surface area contributed by atoms with Gasteiger partial charge in [-0.25, -0.2) is 4.57 Å². The lowest BCUT2D eigenvalue weighted by Gasteiger charge is -2.35. The zero-order valence-corrected chi connectivity index (χ0v) is 17.4. The van der Waals surface area contributed by atoms with Gasteiger partial charge in [0.25, 0.3) is 0 Å². The van der Waals surface area contributed by atoms with E-state index in [1.165, 1.54) is 94.9 Å². The maximum Gasteiger partial charge on any atom is 0.466 e. The largest absolute Gasteiger partial charge is 0.466 e. The standard InChI is InChI=1S/C18H40N.H3O4P/c1-5-9-10-11-12-13-14-15-16-17-18-19(6-2,7-3)8-4;1-5(2,3)4/h5-18H2,1-4H3;(H3,1,2,3,4)/q+1;. The summed E-state index contributed by atoms with van der Waals surface area (Å²) in [6.45, 7) is 14.7. The van der Waals surface area contributed by atoms with Crippen LogP contribution in [0.15, 0.2) is 0 Å². The predicted molar refractivity (Wildman–Crippen MR) is 103 cm³/mol. The minimum absolute atomic E-state index is 1.31. The highest BCUT2D eigenvalue weighted by Gasteiger charge is 2.19. The van der Waals surface area contributed by atoms with E-state index >= 15 is 0 Å². The molecule has 0 aliphatic heterocycles. The van der Waals surface area contributed by atoms with Crippen molar-refractivity contribution in [2.24, 2.45) is 0 Å². The first-order valence-electron chi connectivity index (χ1n) is 9.88. The van der Waals surface area contributed by atoms with Crippen LogP contribution in [0.1, 0.15) is 91.9 Å².